The van der Waals surface area contributed by atoms with E-state index in [1.54, 1.807) is 13.1 Å². The highest BCUT2D eigenvalue weighted by atomic mass is 32.2. The molecule has 19 heavy (non-hydrogen) atoms. The van der Waals surface area contributed by atoms with Gasteiger partial charge in [0.05, 0.1) is 5.69 Å². The van der Waals surface area contributed by atoms with Crippen molar-refractivity contribution in [3.05, 3.63) is 18.0 Å². The van der Waals surface area contributed by atoms with Crippen LogP contribution in [0.3, 0.4) is 0 Å². The number of aromatic nitrogens is 1. The van der Waals surface area contributed by atoms with Crippen LogP contribution in [-0.2, 0) is 20.5 Å². The van der Waals surface area contributed by atoms with E-state index in [1.807, 2.05) is 0 Å². The number of hydrogen-bond acceptors (Lipinski definition) is 5. The quantitative estimate of drug-likeness (QED) is 0.788. The second-order valence-electron chi connectivity index (χ2n) is 4.91. The Morgan fingerprint density at radius 3 is 2.79 bits per heavy atom. The lowest BCUT2D eigenvalue weighted by molar-refractivity contribution is 0.0628. The third kappa shape index (κ3) is 4.29. The molecule has 0 aliphatic carbocycles. The number of sulfonamides is 1. The van der Waals surface area contributed by atoms with Crippen LogP contribution in [0.25, 0.3) is 0 Å². The van der Waals surface area contributed by atoms with Crippen molar-refractivity contribution >= 4 is 10.0 Å². The first kappa shape index (κ1) is 14.5. The van der Waals surface area contributed by atoms with Crippen molar-refractivity contribution in [2.24, 2.45) is 5.92 Å². The molecule has 0 amide bonds. The smallest absolute Gasteiger partial charge is 0.219 e. The van der Waals surface area contributed by atoms with Gasteiger partial charge in [-0.05, 0) is 25.2 Å². The molecule has 6 nitrogen and oxygen atoms in total. The molecule has 0 bridgehead atoms. The Kier molecular flexibility index (Phi) is 4.95. The molecule has 1 aliphatic heterocycles. The van der Waals surface area contributed by atoms with E-state index in [0.717, 1.165) is 32.5 Å². The summed E-state index contributed by atoms with van der Waals surface area (Å²) in [5, 5.41) is 3.64. The Hall–Kier alpha value is -0.920. The van der Waals surface area contributed by atoms with Crippen molar-refractivity contribution in [3.63, 3.8) is 0 Å². The molecule has 0 radical (unpaired) electrons. The Balaban J connectivity index is 1.82. The minimum atomic E-state index is -3.30. The largest absolute Gasteiger partial charge is 0.381 e. The lowest BCUT2D eigenvalue weighted by atomic mass is 9.97. The first-order valence-corrected chi connectivity index (χ1v) is 8.10. The molecule has 7 heteroatoms. The predicted molar refractivity (Wildman–Crippen MR) is 69.9 cm³/mol. The molecule has 1 fully saturated rings. The van der Waals surface area contributed by atoms with Gasteiger partial charge in [-0.25, -0.2) is 12.7 Å². The Morgan fingerprint density at radius 1 is 1.42 bits per heavy atom. The standard InChI is InChI=1S/C12H20N2O4S/c1-14(6-2-11-3-7-17-8-4-11)19(15,16)10-12-5-9-18-13-12/h5,9,11H,2-4,6-8,10H2,1H3. The van der Waals surface area contributed by atoms with Gasteiger partial charge in [0, 0.05) is 32.9 Å². The minimum absolute atomic E-state index is 0.103. The van der Waals surface area contributed by atoms with Gasteiger partial charge in [0.1, 0.15) is 12.0 Å². The van der Waals surface area contributed by atoms with Crippen molar-refractivity contribution in [1.82, 2.24) is 9.46 Å². The van der Waals surface area contributed by atoms with E-state index in [1.165, 1.54) is 10.6 Å². The van der Waals surface area contributed by atoms with Crippen LogP contribution < -0.4 is 0 Å². The summed E-state index contributed by atoms with van der Waals surface area (Å²) in [4.78, 5) is 0. The average molecular weight is 288 g/mol. The highest BCUT2D eigenvalue weighted by molar-refractivity contribution is 7.88. The molecule has 1 saturated heterocycles. The van der Waals surface area contributed by atoms with Crippen molar-refractivity contribution < 1.29 is 17.7 Å². The van der Waals surface area contributed by atoms with E-state index in [2.05, 4.69) is 9.68 Å². The normalized spacial score (nSPS) is 18.0. The summed E-state index contributed by atoms with van der Waals surface area (Å²) >= 11 is 0. The fourth-order valence-electron chi connectivity index (χ4n) is 2.15. The van der Waals surface area contributed by atoms with Gasteiger partial charge in [-0.1, -0.05) is 5.16 Å². The first-order valence-electron chi connectivity index (χ1n) is 6.49. The van der Waals surface area contributed by atoms with Crippen LogP contribution in [0.4, 0.5) is 0 Å². The maximum Gasteiger partial charge on any atom is 0.219 e. The maximum absolute atomic E-state index is 12.1. The highest BCUT2D eigenvalue weighted by Crippen LogP contribution is 2.19. The topological polar surface area (TPSA) is 72.6 Å². The summed E-state index contributed by atoms with van der Waals surface area (Å²) in [5.41, 5.74) is 0.443. The first-order chi connectivity index (χ1) is 9.08. The zero-order valence-corrected chi connectivity index (χ0v) is 11.9. The minimum Gasteiger partial charge on any atom is -0.381 e. The molecular formula is C12H20N2O4S. The summed E-state index contributed by atoms with van der Waals surface area (Å²) in [6, 6.07) is 1.57. The van der Waals surface area contributed by atoms with Gasteiger partial charge in [-0.3, -0.25) is 0 Å². The monoisotopic (exact) mass is 288 g/mol. The fourth-order valence-corrected chi connectivity index (χ4v) is 3.27. The summed E-state index contributed by atoms with van der Waals surface area (Å²) in [6.07, 6.45) is 4.32. The van der Waals surface area contributed by atoms with Crippen LogP contribution in [0.5, 0.6) is 0 Å². The van der Waals surface area contributed by atoms with E-state index in [0.29, 0.717) is 18.2 Å². The van der Waals surface area contributed by atoms with E-state index in [4.69, 9.17) is 4.74 Å². The van der Waals surface area contributed by atoms with Crippen LogP contribution in [0.2, 0.25) is 0 Å². The second-order valence-corrected chi connectivity index (χ2v) is 6.99. The molecule has 0 spiro atoms. The van der Waals surface area contributed by atoms with Gasteiger partial charge in [0.25, 0.3) is 0 Å². The maximum atomic E-state index is 12.1. The average Bonchev–Trinajstić information content (AvgIpc) is 2.89. The van der Waals surface area contributed by atoms with Gasteiger partial charge >= 0.3 is 0 Å². The summed E-state index contributed by atoms with van der Waals surface area (Å²) in [7, 11) is -1.68. The van der Waals surface area contributed by atoms with Crippen molar-refractivity contribution in [2.45, 2.75) is 25.0 Å². The molecule has 0 N–H and O–H groups in total. The number of rotatable bonds is 6. The zero-order chi connectivity index (χ0) is 13.7. The summed E-state index contributed by atoms with van der Waals surface area (Å²) < 4.78 is 35.5. The third-order valence-electron chi connectivity index (χ3n) is 3.49. The molecule has 2 heterocycles. The van der Waals surface area contributed by atoms with Crippen LogP contribution in [0, 0.1) is 5.92 Å². The van der Waals surface area contributed by atoms with E-state index in [-0.39, 0.29) is 5.75 Å². The molecule has 108 valence electrons. The molecule has 0 saturated carbocycles. The molecule has 0 aromatic carbocycles. The predicted octanol–water partition coefficient (Wildman–Crippen LogP) is 1.25. The molecule has 1 aliphatic rings. The molecule has 0 atom stereocenters. The van der Waals surface area contributed by atoms with Gasteiger partial charge in [-0.2, -0.15) is 0 Å². The lowest BCUT2D eigenvalue weighted by Crippen LogP contribution is -2.31. The summed E-state index contributed by atoms with van der Waals surface area (Å²) in [5.74, 6) is 0.465. The Morgan fingerprint density at radius 2 is 2.16 bits per heavy atom. The highest BCUT2D eigenvalue weighted by Gasteiger charge is 2.22. The third-order valence-corrected chi connectivity index (χ3v) is 5.28. The van der Waals surface area contributed by atoms with E-state index in [9.17, 15) is 8.42 Å². The lowest BCUT2D eigenvalue weighted by Gasteiger charge is -2.24. The number of ether oxygens (including phenoxy) is 1. The number of hydrogen-bond donors (Lipinski definition) is 0. The second kappa shape index (κ2) is 6.49. The van der Waals surface area contributed by atoms with Gasteiger partial charge < -0.3 is 9.26 Å². The van der Waals surface area contributed by atoms with Gasteiger partial charge in [-0.15, -0.1) is 0 Å². The van der Waals surface area contributed by atoms with Crippen molar-refractivity contribution in [3.8, 4) is 0 Å². The molecule has 2 rings (SSSR count). The van der Waals surface area contributed by atoms with Crippen LogP contribution in [0.15, 0.2) is 16.9 Å². The zero-order valence-electron chi connectivity index (χ0n) is 11.1. The van der Waals surface area contributed by atoms with E-state index < -0.39 is 10.0 Å². The fraction of sp³-hybridized carbons (Fsp3) is 0.750. The Labute approximate surface area is 113 Å². The molecule has 0 unspecified atom stereocenters. The summed E-state index contributed by atoms with van der Waals surface area (Å²) in [6.45, 7) is 2.13. The molecular weight excluding hydrogens is 268 g/mol. The van der Waals surface area contributed by atoms with Gasteiger partial charge in [0.15, 0.2) is 0 Å². The Bertz CT molecular complexity index is 466. The van der Waals surface area contributed by atoms with Crippen LogP contribution in [0.1, 0.15) is 25.0 Å². The number of nitrogens with zero attached hydrogens (tertiary/aromatic N) is 2. The van der Waals surface area contributed by atoms with Crippen molar-refractivity contribution in [2.75, 3.05) is 26.8 Å². The van der Waals surface area contributed by atoms with Crippen LogP contribution >= 0.6 is 0 Å². The van der Waals surface area contributed by atoms with Gasteiger partial charge in [0.2, 0.25) is 10.0 Å². The van der Waals surface area contributed by atoms with Crippen molar-refractivity contribution in [1.29, 1.82) is 0 Å². The van der Waals surface area contributed by atoms with Crippen LogP contribution in [-0.4, -0.2) is 44.7 Å². The molecule has 1 aromatic rings. The van der Waals surface area contributed by atoms with E-state index >= 15 is 0 Å². The SMILES string of the molecule is CN(CCC1CCOCC1)S(=O)(=O)Cc1ccon1. The molecule has 1 aromatic heterocycles.